The topological polar surface area (TPSA) is 61.8 Å². The third-order valence-electron chi connectivity index (χ3n) is 3.42. The highest BCUT2D eigenvalue weighted by Crippen LogP contribution is 2.38. The van der Waals surface area contributed by atoms with Crippen LogP contribution in [0.5, 0.6) is 0 Å². The van der Waals surface area contributed by atoms with Crippen LogP contribution in [0, 0.1) is 0 Å². The summed E-state index contributed by atoms with van der Waals surface area (Å²) in [5.41, 5.74) is 0.864. The van der Waals surface area contributed by atoms with Crippen LogP contribution in [0.3, 0.4) is 0 Å². The van der Waals surface area contributed by atoms with Crippen molar-refractivity contribution in [1.29, 1.82) is 0 Å². The van der Waals surface area contributed by atoms with E-state index in [1.165, 1.54) is 0 Å². The van der Waals surface area contributed by atoms with Gasteiger partial charge in [-0.1, -0.05) is 18.2 Å². The third-order valence-corrected chi connectivity index (χ3v) is 3.42. The molecule has 0 unspecified atom stereocenters. The molecule has 1 fully saturated rings. The second-order valence-electron chi connectivity index (χ2n) is 4.70. The Morgan fingerprint density at radius 3 is 2.60 bits per heavy atom. The van der Waals surface area contributed by atoms with Gasteiger partial charge in [0.25, 0.3) is 0 Å². The van der Waals surface area contributed by atoms with Crippen LogP contribution < -0.4 is 0 Å². The van der Waals surface area contributed by atoms with E-state index in [4.69, 9.17) is 14.2 Å². The molecule has 20 heavy (non-hydrogen) atoms. The predicted molar refractivity (Wildman–Crippen MR) is 69.0 cm³/mol. The molecule has 0 N–H and O–H groups in total. The second-order valence-corrected chi connectivity index (χ2v) is 4.70. The first-order valence-corrected chi connectivity index (χ1v) is 6.45. The minimum absolute atomic E-state index is 0.319. The molecule has 1 aromatic rings. The summed E-state index contributed by atoms with van der Waals surface area (Å²) in [5, 5.41) is 0. The summed E-state index contributed by atoms with van der Waals surface area (Å²) in [5.74, 6) is -1.45. The number of carbonyl (C=O) groups is 2. The molecule has 0 bridgehead atoms. The first-order valence-electron chi connectivity index (χ1n) is 6.45. The normalized spacial score (nSPS) is 23.6. The summed E-state index contributed by atoms with van der Waals surface area (Å²) < 4.78 is 16.4. The Kier molecular flexibility index (Phi) is 3.38. The highest BCUT2D eigenvalue weighted by molar-refractivity contribution is 5.89. The monoisotopic (exact) mass is 274 g/mol. The van der Waals surface area contributed by atoms with E-state index in [2.05, 4.69) is 0 Å². The molecule has 1 atom stereocenters. The average Bonchev–Trinajstić information content (AvgIpc) is 3.08. The molecule has 104 valence electrons. The van der Waals surface area contributed by atoms with Gasteiger partial charge in [0, 0.05) is 6.42 Å². The summed E-state index contributed by atoms with van der Waals surface area (Å²) in [4.78, 5) is 23.1. The Labute approximate surface area is 116 Å². The zero-order chi connectivity index (χ0) is 14.0. The van der Waals surface area contributed by atoms with E-state index in [0.29, 0.717) is 37.1 Å². The van der Waals surface area contributed by atoms with Crippen LogP contribution >= 0.6 is 0 Å². The SMILES string of the molecule is O=CC1=C[C@H](OC(=O)c2ccccc2)CC12OCCO2. The van der Waals surface area contributed by atoms with Gasteiger partial charge in [-0.15, -0.1) is 0 Å². The van der Waals surface area contributed by atoms with Gasteiger partial charge in [-0.3, -0.25) is 4.79 Å². The maximum absolute atomic E-state index is 12.0. The molecule has 1 spiro atoms. The highest BCUT2D eigenvalue weighted by Gasteiger charge is 2.47. The van der Waals surface area contributed by atoms with Crippen LogP contribution in [-0.2, 0) is 19.0 Å². The van der Waals surface area contributed by atoms with Crippen LogP contribution in [0.4, 0.5) is 0 Å². The quantitative estimate of drug-likeness (QED) is 0.617. The third kappa shape index (κ3) is 2.26. The fourth-order valence-electron chi connectivity index (χ4n) is 2.49. The van der Waals surface area contributed by atoms with Gasteiger partial charge in [0.15, 0.2) is 6.29 Å². The van der Waals surface area contributed by atoms with Crippen molar-refractivity contribution in [2.24, 2.45) is 0 Å². The zero-order valence-corrected chi connectivity index (χ0v) is 10.8. The van der Waals surface area contributed by atoms with E-state index in [1.54, 1.807) is 30.3 Å². The summed E-state index contributed by atoms with van der Waals surface area (Å²) in [7, 11) is 0. The number of esters is 1. The lowest BCUT2D eigenvalue weighted by atomic mass is 10.1. The van der Waals surface area contributed by atoms with Crippen LogP contribution in [0.15, 0.2) is 42.0 Å². The van der Waals surface area contributed by atoms with Crippen molar-refractivity contribution in [3.8, 4) is 0 Å². The van der Waals surface area contributed by atoms with Crippen LogP contribution in [0.1, 0.15) is 16.8 Å². The molecule has 0 saturated carbocycles. The van der Waals surface area contributed by atoms with Gasteiger partial charge < -0.3 is 14.2 Å². The molecule has 1 aliphatic carbocycles. The number of ether oxygens (including phenoxy) is 3. The Morgan fingerprint density at radius 2 is 1.95 bits per heavy atom. The number of hydrogen-bond acceptors (Lipinski definition) is 5. The van der Waals surface area contributed by atoms with Crippen LogP contribution in [0.2, 0.25) is 0 Å². The minimum atomic E-state index is -1.02. The lowest BCUT2D eigenvalue weighted by molar-refractivity contribution is -0.139. The Morgan fingerprint density at radius 1 is 1.25 bits per heavy atom. The van der Waals surface area contributed by atoms with Crippen molar-refractivity contribution in [2.45, 2.75) is 18.3 Å². The average molecular weight is 274 g/mol. The van der Waals surface area contributed by atoms with E-state index in [1.807, 2.05) is 6.07 Å². The fraction of sp³-hybridized carbons (Fsp3) is 0.333. The van der Waals surface area contributed by atoms with Crippen LogP contribution in [0.25, 0.3) is 0 Å². The lowest BCUT2D eigenvalue weighted by Crippen LogP contribution is -2.32. The van der Waals surface area contributed by atoms with Crippen LogP contribution in [-0.4, -0.2) is 37.4 Å². The van der Waals surface area contributed by atoms with Crippen molar-refractivity contribution in [1.82, 2.24) is 0 Å². The number of rotatable bonds is 3. The molecule has 5 heteroatoms. The van der Waals surface area contributed by atoms with E-state index < -0.39 is 17.9 Å². The largest absolute Gasteiger partial charge is 0.454 e. The maximum atomic E-state index is 12.0. The fourth-order valence-corrected chi connectivity index (χ4v) is 2.49. The molecule has 3 rings (SSSR count). The summed E-state index contributed by atoms with van der Waals surface area (Å²) in [6.45, 7) is 0.870. The number of carbonyl (C=O) groups excluding carboxylic acids is 2. The Bertz CT molecular complexity index is 543. The number of benzene rings is 1. The van der Waals surface area contributed by atoms with E-state index >= 15 is 0 Å². The first-order chi connectivity index (χ1) is 9.73. The molecule has 0 aromatic heterocycles. The number of aldehydes is 1. The van der Waals surface area contributed by atoms with Gasteiger partial charge in [-0.25, -0.2) is 4.79 Å². The van der Waals surface area contributed by atoms with Crippen molar-refractivity contribution in [3.05, 3.63) is 47.5 Å². The van der Waals surface area contributed by atoms with Crippen molar-refractivity contribution in [2.75, 3.05) is 13.2 Å². The summed E-state index contributed by atoms with van der Waals surface area (Å²) >= 11 is 0. The van der Waals surface area contributed by atoms with Crippen molar-refractivity contribution in [3.63, 3.8) is 0 Å². The summed E-state index contributed by atoms with van der Waals surface area (Å²) in [6.07, 6.45) is 2.10. The standard InChI is InChI=1S/C15H14O5/c16-10-12-8-13(9-15(12)18-6-7-19-15)20-14(17)11-4-2-1-3-5-11/h1-5,8,10,13H,6-7,9H2/t13-/m0/s1. The molecular weight excluding hydrogens is 260 g/mol. The lowest BCUT2D eigenvalue weighted by Gasteiger charge is -2.23. The van der Waals surface area contributed by atoms with E-state index in [-0.39, 0.29) is 0 Å². The minimum Gasteiger partial charge on any atom is -0.454 e. The first kappa shape index (κ1) is 13.0. The maximum Gasteiger partial charge on any atom is 0.338 e. The molecule has 1 aromatic carbocycles. The van der Waals surface area contributed by atoms with Crippen molar-refractivity contribution >= 4 is 12.3 Å². The van der Waals surface area contributed by atoms with E-state index in [0.717, 1.165) is 0 Å². The molecule has 2 aliphatic rings. The zero-order valence-electron chi connectivity index (χ0n) is 10.8. The summed E-state index contributed by atoms with van der Waals surface area (Å²) in [6, 6.07) is 8.72. The molecular formula is C15H14O5. The van der Waals surface area contributed by atoms with Gasteiger partial charge in [0.1, 0.15) is 6.10 Å². The van der Waals surface area contributed by atoms with Gasteiger partial charge in [-0.2, -0.15) is 0 Å². The van der Waals surface area contributed by atoms with E-state index in [9.17, 15) is 9.59 Å². The number of hydrogen-bond donors (Lipinski definition) is 0. The smallest absolute Gasteiger partial charge is 0.338 e. The molecule has 1 aliphatic heterocycles. The van der Waals surface area contributed by atoms with Gasteiger partial charge >= 0.3 is 5.97 Å². The molecule has 0 amide bonds. The van der Waals surface area contributed by atoms with Gasteiger partial charge in [0.2, 0.25) is 5.79 Å². The second kappa shape index (κ2) is 5.19. The van der Waals surface area contributed by atoms with Gasteiger partial charge in [-0.05, 0) is 18.2 Å². The molecule has 0 radical (unpaired) electrons. The molecule has 1 heterocycles. The Balaban J connectivity index is 1.72. The predicted octanol–water partition coefficient (Wildman–Crippen LogP) is 1.48. The van der Waals surface area contributed by atoms with Crippen molar-refractivity contribution < 1.29 is 23.8 Å². The van der Waals surface area contributed by atoms with Gasteiger partial charge in [0.05, 0.1) is 24.4 Å². The highest BCUT2D eigenvalue weighted by atomic mass is 16.7. The molecule has 1 saturated heterocycles. The molecule has 5 nitrogen and oxygen atoms in total. The Hall–Kier alpha value is -1.98.